The third-order valence-electron chi connectivity index (χ3n) is 1.05. The second kappa shape index (κ2) is 5.97. The van der Waals surface area contributed by atoms with Gasteiger partial charge in [-0.25, -0.2) is 0 Å². The number of nitrogens with one attached hydrogen (secondary N) is 1. The molecule has 5 N–H and O–H groups in total. The van der Waals surface area contributed by atoms with Crippen LogP contribution in [0.25, 0.3) is 0 Å². The Labute approximate surface area is 54.7 Å². The fourth-order valence-electron chi connectivity index (χ4n) is 0.491. The van der Waals surface area contributed by atoms with E-state index in [1.54, 1.807) is 0 Å². The summed E-state index contributed by atoms with van der Waals surface area (Å²) in [7, 11) is 0. The molecule has 0 aromatic carbocycles. The molecular weight excluding hydrogens is 120 g/mol. The summed E-state index contributed by atoms with van der Waals surface area (Å²) in [6, 6.07) is -0.0721. The summed E-state index contributed by atoms with van der Waals surface area (Å²) < 4.78 is 0. The molecule has 9 heavy (non-hydrogen) atoms. The van der Waals surface area contributed by atoms with Gasteiger partial charge in [0.1, 0.15) is 0 Å². The van der Waals surface area contributed by atoms with Crippen LogP contribution in [0, 0.1) is 0 Å². The quantitative estimate of drug-likeness (QED) is 0.347. The van der Waals surface area contributed by atoms with Gasteiger partial charge < -0.3 is 21.3 Å². The summed E-state index contributed by atoms with van der Waals surface area (Å²) in [5, 5.41) is 19.7. The van der Waals surface area contributed by atoms with E-state index in [4.69, 9.17) is 15.9 Å². The van der Waals surface area contributed by atoms with Gasteiger partial charge in [0.25, 0.3) is 0 Å². The normalized spacial score (nSPS) is 13.7. The van der Waals surface area contributed by atoms with Crippen LogP contribution < -0.4 is 11.1 Å². The first-order valence-corrected chi connectivity index (χ1v) is 3.00. The Bertz CT molecular complexity index is 56.9. The van der Waals surface area contributed by atoms with Crippen molar-refractivity contribution in [2.24, 2.45) is 5.73 Å². The highest BCUT2D eigenvalue weighted by atomic mass is 16.3. The van der Waals surface area contributed by atoms with Crippen LogP contribution in [0.15, 0.2) is 0 Å². The lowest BCUT2D eigenvalue weighted by molar-refractivity contribution is 0.228. The molecule has 0 aromatic heterocycles. The van der Waals surface area contributed by atoms with E-state index < -0.39 is 0 Å². The molecule has 56 valence electrons. The Kier molecular flexibility index (Phi) is 5.86. The van der Waals surface area contributed by atoms with Gasteiger partial charge in [0.15, 0.2) is 0 Å². The molecule has 1 atom stereocenters. The van der Waals surface area contributed by atoms with Crippen molar-refractivity contribution in [3.63, 3.8) is 0 Å². The van der Waals surface area contributed by atoms with Crippen LogP contribution in [-0.2, 0) is 0 Å². The maximum Gasteiger partial charge on any atom is 0.0597 e. The average Bonchev–Trinajstić information content (AvgIpc) is 1.91. The lowest BCUT2D eigenvalue weighted by Gasteiger charge is -2.11. The molecule has 0 saturated heterocycles. The van der Waals surface area contributed by atoms with E-state index in [2.05, 4.69) is 5.32 Å². The van der Waals surface area contributed by atoms with E-state index in [1.807, 2.05) is 0 Å². The first kappa shape index (κ1) is 8.84. The minimum Gasteiger partial charge on any atom is -0.395 e. The molecule has 0 aromatic rings. The average molecular weight is 134 g/mol. The molecule has 4 nitrogen and oxygen atoms in total. The number of rotatable bonds is 5. The zero-order valence-electron chi connectivity index (χ0n) is 5.38. The number of aliphatic hydroxyl groups is 2. The third kappa shape index (κ3) is 4.35. The fourth-order valence-corrected chi connectivity index (χ4v) is 0.491. The maximum atomic E-state index is 8.53. The van der Waals surface area contributed by atoms with E-state index in [0.717, 1.165) is 0 Å². The molecule has 0 spiro atoms. The molecule has 1 unspecified atom stereocenters. The van der Waals surface area contributed by atoms with E-state index in [0.29, 0.717) is 13.1 Å². The van der Waals surface area contributed by atoms with Crippen molar-refractivity contribution in [1.82, 2.24) is 5.32 Å². The monoisotopic (exact) mass is 134 g/mol. The van der Waals surface area contributed by atoms with Crippen molar-refractivity contribution in [3.05, 3.63) is 0 Å². The van der Waals surface area contributed by atoms with Crippen molar-refractivity contribution in [2.75, 3.05) is 26.3 Å². The van der Waals surface area contributed by atoms with Gasteiger partial charge in [0.05, 0.1) is 13.2 Å². The molecule has 0 radical (unpaired) electrons. The maximum absolute atomic E-state index is 8.53. The van der Waals surface area contributed by atoms with Gasteiger partial charge in [-0.3, -0.25) is 0 Å². The number of nitrogens with two attached hydrogens (primary N) is 1. The van der Waals surface area contributed by atoms with Crippen LogP contribution in [-0.4, -0.2) is 42.6 Å². The summed E-state index contributed by atoms with van der Waals surface area (Å²) in [5.41, 5.74) is 5.22. The summed E-state index contributed by atoms with van der Waals surface area (Å²) in [6.45, 7) is 0.992. The Morgan fingerprint density at radius 2 is 2.11 bits per heavy atom. The van der Waals surface area contributed by atoms with Crippen LogP contribution in [0.2, 0.25) is 0 Å². The predicted molar refractivity (Wildman–Crippen MR) is 35.0 cm³/mol. The highest BCUT2D eigenvalue weighted by Gasteiger charge is 2.00. The van der Waals surface area contributed by atoms with Gasteiger partial charge in [0.2, 0.25) is 0 Å². The number of hydrogen-bond donors (Lipinski definition) is 4. The molecule has 0 bridgehead atoms. The largest absolute Gasteiger partial charge is 0.395 e. The van der Waals surface area contributed by atoms with Gasteiger partial charge >= 0.3 is 0 Å². The summed E-state index contributed by atoms with van der Waals surface area (Å²) in [4.78, 5) is 0. The van der Waals surface area contributed by atoms with Crippen molar-refractivity contribution in [2.45, 2.75) is 6.04 Å². The van der Waals surface area contributed by atoms with Crippen LogP contribution in [0.5, 0.6) is 0 Å². The summed E-state index contributed by atoms with van der Waals surface area (Å²) in [5.74, 6) is 0. The van der Waals surface area contributed by atoms with Crippen LogP contribution in [0.4, 0.5) is 0 Å². The molecule has 0 saturated carbocycles. The highest BCUT2D eigenvalue weighted by Crippen LogP contribution is 1.74. The number of aliphatic hydroxyl groups excluding tert-OH is 2. The van der Waals surface area contributed by atoms with Gasteiger partial charge in [0, 0.05) is 19.1 Å². The fraction of sp³-hybridized carbons (Fsp3) is 1.00. The third-order valence-corrected chi connectivity index (χ3v) is 1.05. The second-order valence-electron chi connectivity index (χ2n) is 1.79. The molecule has 0 fully saturated rings. The molecule has 0 aliphatic heterocycles. The molecule has 0 rings (SSSR count). The lowest BCUT2D eigenvalue weighted by atomic mass is 10.3. The van der Waals surface area contributed by atoms with E-state index in [9.17, 15) is 0 Å². The summed E-state index contributed by atoms with van der Waals surface area (Å²) >= 11 is 0. The second-order valence-corrected chi connectivity index (χ2v) is 1.79. The minimum absolute atomic E-state index is 0.0243. The highest BCUT2D eigenvalue weighted by molar-refractivity contribution is 4.64. The number of hydrogen-bond acceptors (Lipinski definition) is 4. The van der Waals surface area contributed by atoms with Crippen molar-refractivity contribution >= 4 is 0 Å². The van der Waals surface area contributed by atoms with E-state index in [-0.39, 0.29) is 19.3 Å². The Balaban J connectivity index is 3.09. The molecule has 4 heteroatoms. The first-order chi connectivity index (χ1) is 4.35. The SMILES string of the molecule is NCC(CO)NCCO. The van der Waals surface area contributed by atoms with Gasteiger partial charge in [-0.15, -0.1) is 0 Å². The predicted octanol–water partition coefficient (Wildman–Crippen LogP) is -2.11. The van der Waals surface area contributed by atoms with Gasteiger partial charge in [-0.1, -0.05) is 0 Å². The smallest absolute Gasteiger partial charge is 0.0597 e. The minimum atomic E-state index is -0.0721. The van der Waals surface area contributed by atoms with E-state index >= 15 is 0 Å². The summed E-state index contributed by atoms with van der Waals surface area (Å²) in [6.07, 6.45) is 0. The van der Waals surface area contributed by atoms with Gasteiger partial charge in [-0.2, -0.15) is 0 Å². The van der Waals surface area contributed by atoms with Crippen LogP contribution in [0.3, 0.4) is 0 Å². The molecule has 0 heterocycles. The van der Waals surface area contributed by atoms with Crippen molar-refractivity contribution < 1.29 is 10.2 Å². The zero-order chi connectivity index (χ0) is 7.11. The topological polar surface area (TPSA) is 78.5 Å². The van der Waals surface area contributed by atoms with Crippen molar-refractivity contribution in [1.29, 1.82) is 0 Å². The van der Waals surface area contributed by atoms with E-state index in [1.165, 1.54) is 0 Å². The molecule has 0 amide bonds. The van der Waals surface area contributed by atoms with Crippen molar-refractivity contribution in [3.8, 4) is 0 Å². The Hall–Kier alpha value is -0.160. The Morgan fingerprint density at radius 3 is 2.44 bits per heavy atom. The molecule has 0 aliphatic carbocycles. The lowest BCUT2D eigenvalue weighted by Crippen LogP contribution is -2.40. The Morgan fingerprint density at radius 1 is 1.44 bits per heavy atom. The zero-order valence-corrected chi connectivity index (χ0v) is 5.38. The standard InChI is InChI=1S/C5H14N2O2/c6-3-5(4-9)7-1-2-8/h5,7-9H,1-4,6H2. The molecule has 0 aliphatic rings. The van der Waals surface area contributed by atoms with Crippen LogP contribution in [0.1, 0.15) is 0 Å². The van der Waals surface area contributed by atoms with Gasteiger partial charge in [-0.05, 0) is 0 Å². The van der Waals surface area contributed by atoms with Crippen LogP contribution >= 0.6 is 0 Å². The molecular formula is C5H14N2O2. The first-order valence-electron chi connectivity index (χ1n) is 3.00.